The van der Waals surface area contributed by atoms with Crippen molar-refractivity contribution in [2.75, 3.05) is 13.1 Å². The molecule has 0 bridgehead atoms. The summed E-state index contributed by atoms with van der Waals surface area (Å²) in [5.74, 6) is -2.58. The zero-order valence-corrected chi connectivity index (χ0v) is 29.5. The quantitative estimate of drug-likeness (QED) is 0.0401. The van der Waals surface area contributed by atoms with Gasteiger partial charge in [-0.15, -0.1) is 0 Å². The second-order valence-corrected chi connectivity index (χ2v) is 12.4. The average molecular weight is 727 g/mol. The summed E-state index contributed by atoms with van der Waals surface area (Å²) in [6.45, 7) is 0.717. The lowest BCUT2D eigenvalue weighted by molar-refractivity contribution is -0.133. The summed E-state index contributed by atoms with van der Waals surface area (Å²) < 4.78 is 0. The van der Waals surface area contributed by atoms with Crippen LogP contribution < -0.4 is 49.1 Å². The summed E-state index contributed by atoms with van der Waals surface area (Å²) in [6, 6.07) is 21.8. The molecule has 0 aliphatic heterocycles. The molecule has 53 heavy (non-hydrogen) atoms. The van der Waals surface area contributed by atoms with Crippen LogP contribution in [-0.2, 0) is 38.6 Å². The van der Waals surface area contributed by atoms with Crippen LogP contribution in [0, 0.1) is 16.2 Å². The zero-order valence-electron chi connectivity index (χ0n) is 29.5. The number of hydrogen-bond acceptors (Lipinski definition) is 7. The van der Waals surface area contributed by atoms with E-state index in [0.717, 1.165) is 16.7 Å². The van der Waals surface area contributed by atoms with Crippen LogP contribution in [0.2, 0.25) is 0 Å². The van der Waals surface area contributed by atoms with Gasteiger partial charge in [0.05, 0.1) is 6.42 Å². The normalized spacial score (nSPS) is 12.2. The van der Waals surface area contributed by atoms with E-state index in [1.807, 2.05) is 48.5 Å². The molecule has 4 amide bonds. The molecule has 1 unspecified atom stereocenters. The first-order valence-corrected chi connectivity index (χ1v) is 17.3. The summed E-state index contributed by atoms with van der Waals surface area (Å²) in [6.07, 6.45) is 1.28. The lowest BCUT2D eigenvalue weighted by Gasteiger charge is -2.26. The van der Waals surface area contributed by atoms with Crippen LogP contribution >= 0.6 is 0 Å². The minimum Gasteiger partial charge on any atom is -0.384 e. The fourth-order valence-corrected chi connectivity index (χ4v) is 5.34. The highest BCUT2D eigenvalue weighted by Gasteiger charge is 2.30. The van der Waals surface area contributed by atoms with Crippen LogP contribution in [0.15, 0.2) is 84.9 Å². The van der Waals surface area contributed by atoms with E-state index in [2.05, 4.69) is 31.9 Å². The molecule has 0 fully saturated rings. The molecule has 16 heteroatoms. The van der Waals surface area contributed by atoms with Gasteiger partial charge in [-0.25, -0.2) is 0 Å². The SMILES string of the molecule is N=C(N)NCCC[C@H](NC(=O)Cc1ccccc1)C(=O)NC(Cc1ccccc1)C(=O)N[C@@H](CCCNC(=N)N)C(=O)NCc1ccc(C(=N)N)cc1. The molecule has 0 aliphatic carbocycles. The van der Waals surface area contributed by atoms with Gasteiger partial charge in [0.1, 0.15) is 24.0 Å². The van der Waals surface area contributed by atoms with Gasteiger partial charge in [-0.1, -0.05) is 84.9 Å². The predicted molar refractivity (Wildman–Crippen MR) is 204 cm³/mol. The number of carbonyl (C=O) groups excluding carboxylic acids is 4. The van der Waals surface area contributed by atoms with Crippen molar-refractivity contribution in [2.45, 2.75) is 63.2 Å². The number of amides is 4. The first-order chi connectivity index (χ1) is 25.4. The third kappa shape index (κ3) is 15.5. The maximum atomic E-state index is 14.0. The van der Waals surface area contributed by atoms with E-state index in [0.29, 0.717) is 18.4 Å². The molecular weight excluding hydrogens is 676 g/mol. The fourth-order valence-electron chi connectivity index (χ4n) is 5.34. The molecule has 0 heterocycles. The summed E-state index contributed by atoms with van der Waals surface area (Å²) in [7, 11) is 0. The van der Waals surface area contributed by atoms with Crippen LogP contribution in [-0.4, -0.2) is 72.6 Å². The van der Waals surface area contributed by atoms with E-state index >= 15 is 0 Å². The Hall–Kier alpha value is -6.45. The standard InChI is InChI=1S/C37H50N12O4/c38-32(39)27-17-15-26(16-18-27)23-46-33(51)28(13-7-19-44-36(40)41)48-35(53)30(21-24-9-3-1-4-10-24)49-34(52)29(14-8-20-45-37(42)43)47-31(50)22-25-11-5-2-6-12-25/h1-6,9-12,15-18,28-30H,7-8,13-14,19-23H2,(H3,38,39)(H,46,51)(H,47,50)(H,48,53)(H,49,52)(H4,40,41,44)(H4,42,43,45)/t28-,29-,30?/m0/s1. The van der Waals surface area contributed by atoms with E-state index < -0.39 is 35.8 Å². The summed E-state index contributed by atoms with van der Waals surface area (Å²) in [5, 5.41) is 39.1. The highest BCUT2D eigenvalue weighted by atomic mass is 16.2. The summed E-state index contributed by atoms with van der Waals surface area (Å²) in [4.78, 5) is 54.4. The van der Waals surface area contributed by atoms with E-state index in [9.17, 15) is 19.2 Å². The molecular formula is C37H50N12O4. The van der Waals surface area contributed by atoms with Crippen molar-refractivity contribution in [2.24, 2.45) is 17.2 Å². The van der Waals surface area contributed by atoms with Crippen molar-refractivity contribution in [3.63, 3.8) is 0 Å². The van der Waals surface area contributed by atoms with Crippen molar-refractivity contribution in [1.82, 2.24) is 31.9 Å². The number of nitrogens with one attached hydrogen (secondary N) is 9. The second kappa shape index (κ2) is 21.7. The zero-order chi connectivity index (χ0) is 38.6. The number of rotatable bonds is 21. The Morgan fingerprint density at radius 1 is 0.547 bits per heavy atom. The fraction of sp³-hybridized carbons (Fsp3) is 0.324. The highest BCUT2D eigenvalue weighted by Crippen LogP contribution is 2.09. The first kappa shape index (κ1) is 41.0. The Morgan fingerprint density at radius 3 is 1.57 bits per heavy atom. The number of amidine groups is 1. The van der Waals surface area contributed by atoms with Gasteiger partial charge in [0.15, 0.2) is 11.9 Å². The van der Waals surface area contributed by atoms with Crippen molar-refractivity contribution >= 4 is 41.4 Å². The van der Waals surface area contributed by atoms with Gasteiger partial charge < -0.3 is 49.1 Å². The maximum Gasteiger partial charge on any atom is 0.243 e. The Balaban J connectivity index is 1.80. The first-order valence-electron chi connectivity index (χ1n) is 17.3. The molecule has 16 nitrogen and oxygen atoms in total. The predicted octanol–water partition coefficient (Wildman–Crippen LogP) is 0.0532. The molecule has 0 saturated carbocycles. The molecule has 0 radical (unpaired) electrons. The van der Waals surface area contributed by atoms with Crippen molar-refractivity contribution < 1.29 is 19.2 Å². The molecule has 0 spiro atoms. The topological polar surface area (TPSA) is 290 Å². The lowest BCUT2D eigenvalue weighted by atomic mass is 10.0. The van der Waals surface area contributed by atoms with Crippen LogP contribution in [0.4, 0.5) is 0 Å². The maximum absolute atomic E-state index is 14.0. The number of benzene rings is 3. The number of nitrogens with two attached hydrogens (primary N) is 3. The molecule has 15 N–H and O–H groups in total. The van der Waals surface area contributed by atoms with E-state index in [1.54, 1.807) is 36.4 Å². The van der Waals surface area contributed by atoms with Crippen molar-refractivity contribution in [3.8, 4) is 0 Å². The Kier molecular flexibility index (Phi) is 16.8. The van der Waals surface area contributed by atoms with Gasteiger partial charge in [-0.3, -0.25) is 35.4 Å². The number of nitrogen functional groups attached to an aromatic ring is 1. The molecule has 3 aromatic carbocycles. The van der Waals surface area contributed by atoms with Gasteiger partial charge in [0, 0.05) is 31.6 Å². The number of hydrogen-bond donors (Lipinski definition) is 12. The third-order valence-electron chi connectivity index (χ3n) is 8.11. The van der Waals surface area contributed by atoms with Crippen LogP contribution in [0.1, 0.15) is 47.9 Å². The van der Waals surface area contributed by atoms with Gasteiger partial charge >= 0.3 is 0 Å². The Labute approximate surface area is 309 Å². The van der Waals surface area contributed by atoms with E-state index in [-0.39, 0.29) is 69.0 Å². The van der Waals surface area contributed by atoms with Gasteiger partial charge in [0.25, 0.3) is 0 Å². The molecule has 0 aliphatic rings. The monoisotopic (exact) mass is 726 g/mol. The minimum absolute atomic E-state index is 0.0421. The Morgan fingerprint density at radius 2 is 1.04 bits per heavy atom. The molecule has 0 saturated heterocycles. The third-order valence-corrected chi connectivity index (χ3v) is 8.11. The van der Waals surface area contributed by atoms with E-state index in [1.165, 1.54) is 0 Å². The van der Waals surface area contributed by atoms with Crippen LogP contribution in [0.5, 0.6) is 0 Å². The van der Waals surface area contributed by atoms with Gasteiger partial charge in [0.2, 0.25) is 23.6 Å². The lowest BCUT2D eigenvalue weighted by Crippen LogP contribution is -2.57. The Bertz CT molecular complexity index is 1690. The molecule has 282 valence electrons. The molecule has 0 aromatic heterocycles. The largest absolute Gasteiger partial charge is 0.384 e. The van der Waals surface area contributed by atoms with Gasteiger partial charge in [-0.2, -0.15) is 0 Å². The molecule has 3 aromatic rings. The molecule has 3 atom stereocenters. The molecule has 3 rings (SSSR count). The van der Waals surface area contributed by atoms with Crippen molar-refractivity contribution in [1.29, 1.82) is 16.2 Å². The second-order valence-electron chi connectivity index (χ2n) is 12.4. The smallest absolute Gasteiger partial charge is 0.243 e. The average Bonchev–Trinajstić information content (AvgIpc) is 3.13. The number of guanidine groups is 2. The van der Waals surface area contributed by atoms with Gasteiger partial charge in [-0.05, 0) is 42.4 Å². The minimum atomic E-state index is -1.13. The van der Waals surface area contributed by atoms with E-state index in [4.69, 9.17) is 33.4 Å². The van der Waals surface area contributed by atoms with Crippen LogP contribution in [0.25, 0.3) is 0 Å². The van der Waals surface area contributed by atoms with Crippen molar-refractivity contribution in [3.05, 3.63) is 107 Å². The highest BCUT2D eigenvalue weighted by molar-refractivity contribution is 5.95. The number of carbonyl (C=O) groups is 4. The van der Waals surface area contributed by atoms with Crippen LogP contribution in [0.3, 0.4) is 0 Å². The summed E-state index contributed by atoms with van der Waals surface area (Å²) in [5.41, 5.74) is 19.2. The summed E-state index contributed by atoms with van der Waals surface area (Å²) >= 11 is 0.